The fourth-order valence-corrected chi connectivity index (χ4v) is 4.47. The van der Waals surface area contributed by atoms with Gasteiger partial charge in [0.1, 0.15) is 19.1 Å². The smallest absolute Gasteiger partial charge is 0.414 e. The Labute approximate surface area is 158 Å². The first-order valence-corrected chi connectivity index (χ1v) is 10.5. The number of halogens is 2. The first-order chi connectivity index (χ1) is 13.3. The lowest BCUT2D eigenvalue weighted by Crippen LogP contribution is -2.34. The zero-order chi connectivity index (χ0) is 19.9. The van der Waals surface area contributed by atoms with Crippen LogP contribution in [0.3, 0.4) is 0 Å². The SMILES string of the molecule is O=C1OC(Cc2cn[nH]n2)CN1c1cc(F)c(N2CC=P(O)(O)CC2)c(F)c1. The maximum absolute atomic E-state index is 14.7. The molecule has 0 radical (unpaired) electrons. The van der Waals surface area contributed by atoms with Gasteiger partial charge in [-0.25, -0.2) is 13.6 Å². The number of amides is 1. The van der Waals surface area contributed by atoms with Gasteiger partial charge in [-0.1, -0.05) is 0 Å². The number of nitrogens with one attached hydrogen (secondary N) is 1. The normalized spacial score (nSPS) is 21.6. The molecule has 1 atom stereocenters. The number of benzene rings is 1. The second kappa shape index (κ2) is 7.16. The van der Waals surface area contributed by atoms with E-state index < -0.39 is 31.2 Å². The maximum Gasteiger partial charge on any atom is 0.414 e. The predicted molar refractivity (Wildman–Crippen MR) is 98.6 cm³/mol. The van der Waals surface area contributed by atoms with E-state index in [9.17, 15) is 23.4 Å². The molecule has 0 saturated carbocycles. The van der Waals surface area contributed by atoms with Crippen molar-refractivity contribution < 1.29 is 28.1 Å². The van der Waals surface area contributed by atoms with Gasteiger partial charge in [0, 0.05) is 37.8 Å². The van der Waals surface area contributed by atoms with Crippen LogP contribution in [0.1, 0.15) is 5.69 Å². The third kappa shape index (κ3) is 3.73. The zero-order valence-corrected chi connectivity index (χ0v) is 15.5. The predicted octanol–water partition coefficient (Wildman–Crippen LogP) is 1.11. The lowest BCUT2D eigenvalue weighted by Gasteiger charge is -2.31. The van der Waals surface area contributed by atoms with E-state index in [0.29, 0.717) is 12.1 Å². The quantitative estimate of drug-likeness (QED) is 0.643. The van der Waals surface area contributed by atoms with Gasteiger partial charge >= 0.3 is 6.09 Å². The van der Waals surface area contributed by atoms with Crippen LogP contribution >= 0.6 is 7.34 Å². The van der Waals surface area contributed by atoms with E-state index in [4.69, 9.17) is 4.74 Å². The summed E-state index contributed by atoms with van der Waals surface area (Å²) in [6.07, 6.45) is 0.678. The molecule has 0 spiro atoms. The number of cyclic esters (lactones) is 1. The molecule has 0 bridgehead atoms. The van der Waals surface area contributed by atoms with Gasteiger partial charge in [0.05, 0.1) is 24.1 Å². The number of carbonyl (C=O) groups excluding carboxylic acids is 1. The summed E-state index contributed by atoms with van der Waals surface area (Å²) in [6, 6.07) is 2.15. The largest absolute Gasteiger partial charge is 0.444 e. The van der Waals surface area contributed by atoms with Gasteiger partial charge in [-0.2, -0.15) is 15.4 Å². The van der Waals surface area contributed by atoms with E-state index in [0.717, 1.165) is 12.1 Å². The van der Waals surface area contributed by atoms with Crippen molar-refractivity contribution in [1.29, 1.82) is 0 Å². The van der Waals surface area contributed by atoms with Crippen molar-refractivity contribution in [3.05, 3.63) is 35.7 Å². The second-order valence-electron chi connectivity index (χ2n) is 6.68. The van der Waals surface area contributed by atoms with Gasteiger partial charge in [0.15, 0.2) is 11.6 Å². The molecule has 1 unspecified atom stereocenters. The molecule has 3 N–H and O–H groups in total. The number of H-pyrrole nitrogens is 1. The molecule has 12 heteroatoms. The Morgan fingerprint density at radius 1 is 1.32 bits per heavy atom. The average Bonchev–Trinajstić information content (AvgIpc) is 3.25. The van der Waals surface area contributed by atoms with Crippen LogP contribution in [0, 0.1) is 11.6 Å². The molecule has 4 rings (SSSR count). The van der Waals surface area contributed by atoms with Crippen molar-refractivity contribution in [2.24, 2.45) is 0 Å². The van der Waals surface area contributed by atoms with Crippen molar-refractivity contribution in [3.63, 3.8) is 0 Å². The van der Waals surface area contributed by atoms with Crippen LogP contribution in [0.15, 0.2) is 18.3 Å². The van der Waals surface area contributed by atoms with Gasteiger partial charge in [-0.05, 0) is 5.80 Å². The molecule has 2 aliphatic rings. The van der Waals surface area contributed by atoms with Crippen molar-refractivity contribution in [2.75, 3.05) is 35.6 Å². The van der Waals surface area contributed by atoms with Gasteiger partial charge < -0.3 is 19.4 Å². The number of nitrogens with zero attached hydrogens (tertiary/aromatic N) is 4. The summed E-state index contributed by atoms with van der Waals surface area (Å²) in [5, 5.41) is 10.0. The molecule has 2 aromatic rings. The van der Waals surface area contributed by atoms with Gasteiger partial charge in [-0.3, -0.25) is 4.90 Å². The van der Waals surface area contributed by atoms with E-state index in [2.05, 4.69) is 15.4 Å². The standard InChI is InChI=1S/C16H18F2N5O4P/c17-13-6-11(7-14(18)15(13)22-1-3-28(25,26)4-2-22)23-9-12(27-16(23)24)5-10-8-19-21-20-10/h3,6-8,12,25-26H,1-2,4-5,9H2,(H,19,20,21). The Morgan fingerprint density at radius 2 is 2.07 bits per heavy atom. The number of carbonyl (C=O) groups is 1. The van der Waals surface area contributed by atoms with Gasteiger partial charge in [-0.15, -0.1) is 0 Å². The Morgan fingerprint density at radius 3 is 2.68 bits per heavy atom. The minimum Gasteiger partial charge on any atom is -0.444 e. The molecule has 1 saturated heterocycles. The fraction of sp³-hybridized carbons (Fsp3) is 0.375. The Balaban J connectivity index is 1.53. The lowest BCUT2D eigenvalue weighted by atomic mass is 10.2. The molecule has 1 aromatic heterocycles. The molecule has 1 amide bonds. The first kappa shape index (κ1) is 18.9. The third-order valence-electron chi connectivity index (χ3n) is 4.70. The summed E-state index contributed by atoms with van der Waals surface area (Å²) in [5.41, 5.74) is 0.408. The third-order valence-corrected chi connectivity index (χ3v) is 6.31. The average molecular weight is 413 g/mol. The number of hydrogen-bond acceptors (Lipinski definition) is 7. The van der Waals surface area contributed by atoms with Crippen LogP contribution < -0.4 is 9.80 Å². The number of ether oxygens (including phenoxy) is 1. The molecule has 28 heavy (non-hydrogen) atoms. The van der Waals surface area contributed by atoms with Crippen molar-refractivity contribution in [2.45, 2.75) is 12.5 Å². The Kier molecular flexibility index (Phi) is 4.82. The minimum atomic E-state index is -3.08. The lowest BCUT2D eigenvalue weighted by molar-refractivity contribution is 0.141. The monoisotopic (exact) mass is 413 g/mol. The summed E-state index contributed by atoms with van der Waals surface area (Å²) in [6.45, 7) is 0.277. The van der Waals surface area contributed by atoms with Crippen LogP contribution in [0.25, 0.3) is 0 Å². The van der Waals surface area contributed by atoms with E-state index in [-0.39, 0.29) is 37.2 Å². The molecule has 1 aromatic carbocycles. The van der Waals surface area contributed by atoms with E-state index in [1.807, 2.05) is 0 Å². The summed E-state index contributed by atoms with van der Waals surface area (Å²) in [7, 11) is -3.08. The van der Waals surface area contributed by atoms with Crippen molar-refractivity contribution in [3.8, 4) is 0 Å². The van der Waals surface area contributed by atoms with Crippen LogP contribution in [-0.4, -0.2) is 69.0 Å². The molecule has 3 heterocycles. The number of anilines is 2. The van der Waals surface area contributed by atoms with E-state index in [1.165, 1.54) is 21.8 Å². The highest BCUT2D eigenvalue weighted by Gasteiger charge is 2.34. The van der Waals surface area contributed by atoms with Crippen molar-refractivity contribution in [1.82, 2.24) is 15.4 Å². The van der Waals surface area contributed by atoms with Crippen LogP contribution in [0.4, 0.5) is 25.0 Å². The highest BCUT2D eigenvalue weighted by Crippen LogP contribution is 2.40. The fourth-order valence-electron chi connectivity index (χ4n) is 3.29. The molecule has 2 aliphatic heterocycles. The summed E-state index contributed by atoms with van der Waals surface area (Å²) in [5.74, 6) is -0.383. The number of aromatic nitrogens is 3. The number of aromatic amines is 1. The topological polar surface area (TPSA) is 115 Å². The highest BCUT2D eigenvalue weighted by molar-refractivity contribution is 7.64. The summed E-state index contributed by atoms with van der Waals surface area (Å²) in [4.78, 5) is 34.0. The second-order valence-corrected chi connectivity index (χ2v) is 9.06. The highest BCUT2D eigenvalue weighted by atomic mass is 31.2. The molecule has 150 valence electrons. The number of hydrogen-bond donors (Lipinski definition) is 3. The van der Waals surface area contributed by atoms with Crippen LogP contribution in [0.2, 0.25) is 0 Å². The molecule has 0 aliphatic carbocycles. The summed E-state index contributed by atoms with van der Waals surface area (Å²) >= 11 is 0. The van der Waals surface area contributed by atoms with Crippen molar-refractivity contribution >= 4 is 30.6 Å². The molecule has 1 fully saturated rings. The van der Waals surface area contributed by atoms with Gasteiger partial charge in [0.2, 0.25) is 0 Å². The first-order valence-electron chi connectivity index (χ1n) is 8.57. The van der Waals surface area contributed by atoms with E-state index in [1.54, 1.807) is 0 Å². The Bertz CT molecular complexity index is 926. The summed E-state index contributed by atoms with van der Waals surface area (Å²) < 4.78 is 34.6. The van der Waals surface area contributed by atoms with E-state index >= 15 is 0 Å². The number of rotatable bonds is 4. The van der Waals surface area contributed by atoms with Crippen LogP contribution in [-0.2, 0) is 11.2 Å². The van der Waals surface area contributed by atoms with Gasteiger partial charge in [0.25, 0.3) is 0 Å². The zero-order valence-electron chi connectivity index (χ0n) is 14.6. The minimum absolute atomic E-state index is 0.0273. The maximum atomic E-state index is 14.7. The van der Waals surface area contributed by atoms with Crippen LogP contribution in [0.5, 0.6) is 0 Å². The Hall–Kier alpha value is -2.49. The molecule has 9 nitrogen and oxygen atoms in total. The molecular weight excluding hydrogens is 395 g/mol. The molecular formula is C16H18F2N5O4P.